The summed E-state index contributed by atoms with van der Waals surface area (Å²) in [5.74, 6) is 0.719. The summed E-state index contributed by atoms with van der Waals surface area (Å²) in [5.41, 5.74) is 4.46. The second-order valence-electron chi connectivity index (χ2n) is 4.75. The molecular weight excluding hydrogens is 316 g/mol. The number of hydrogen-bond donors (Lipinski definition) is 1. The lowest BCUT2D eigenvalue weighted by molar-refractivity contribution is 0.0954. The number of ether oxygens (including phenoxy) is 2. The van der Waals surface area contributed by atoms with Gasteiger partial charge in [-0.15, -0.1) is 0 Å². The van der Waals surface area contributed by atoms with E-state index in [0.717, 1.165) is 5.56 Å². The summed E-state index contributed by atoms with van der Waals surface area (Å²) < 4.78 is 10.3. The molecule has 0 spiro atoms. The summed E-state index contributed by atoms with van der Waals surface area (Å²) in [5, 5.41) is 4.75. The van der Waals surface area contributed by atoms with E-state index in [4.69, 9.17) is 21.1 Å². The lowest BCUT2D eigenvalue weighted by atomic mass is 10.1. The van der Waals surface area contributed by atoms with E-state index < -0.39 is 0 Å². The van der Waals surface area contributed by atoms with Crippen molar-refractivity contribution in [2.75, 3.05) is 14.2 Å². The molecule has 5 nitrogen and oxygen atoms in total. The molecule has 2 rings (SSSR count). The van der Waals surface area contributed by atoms with Gasteiger partial charge < -0.3 is 9.47 Å². The Bertz CT molecular complexity index is 705. The minimum atomic E-state index is -0.351. The number of carbonyl (C=O) groups is 1. The fraction of sp³-hybridized carbons (Fsp3) is 0.176. The summed E-state index contributed by atoms with van der Waals surface area (Å²) in [7, 11) is 3.05. The van der Waals surface area contributed by atoms with Gasteiger partial charge in [-0.3, -0.25) is 4.79 Å². The third-order valence-corrected chi connectivity index (χ3v) is 3.45. The summed E-state index contributed by atoms with van der Waals surface area (Å²) >= 11 is 5.85. The molecule has 23 heavy (non-hydrogen) atoms. The number of amides is 1. The first-order chi connectivity index (χ1) is 11.0. The molecule has 0 atom stereocenters. The average molecular weight is 333 g/mol. The summed E-state index contributed by atoms with van der Waals surface area (Å²) in [6.07, 6.45) is 0. The van der Waals surface area contributed by atoms with Gasteiger partial charge in [-0.05, 0) is 36.8 Å². The zero-order valence-corrected chi connectivity index (χ0v) is 13.8. The zero-order chi connectivity index (χ0) is 16.8. The molecule has 0 aliphatic heterocycles. The van der Waals surface area contributed by atoms with Crippen LogP contribution in [-0.4, -0.2) is 25.8 Å². The largest absolute Gasteiger partial charge is 0.497 e. The summed E-state index contributed by atoms with van der Waals surface area (Å²) in [6, 6.07) is 12.1. The minimum Gasteiger partial charge on any atom is -0.497 e. The van der Waals surface area contributed by atoms with Gasteiger partial charge in [-0.2, -0.15) is 5.10 Å². The van der Waals surface area contributed by atoms with Gasteiger partial charge in [-0.25, -0.2) is 5.43 Å². The molecule has 0 saturated carbocycles. The summed E-state index contributed by atoms with van der Waals surface area (Å²) in [4.78, 5) is 12.2. The van der Waals surface area contributed by atoms with Crippen LogP contribution in [0.2, 0.25) is 5.02 Å². The van der Waals surface area contributed by atoms with E-state index in [2.05, 4.69) is 10.5 Å². The van der Waals surface area contributed by atoms with Crippen molar-refractivity contribution in [3.8, 4) is 11.5 Å². The number of benzene rings is 2. The second-order valence-corrected chi connectivity index (χ2v) is 5.18. The predicted octanol–water partition coefficient (Wildman–Crippen LogP) is 3.51. The normalized spacial score (nSPS) is 11.0. The molecule has 0 bridgehead atoms. The van der Waals surface area contributed by atoms with Gasteiger partial charge in [0.15, 0.2) is 0 Å². The lowest BCUT2D eigenvalue weighted by Crippen LogP contribution is -2.19. The molecule has 0 heterocycles. The van der Waals surface area contributed by atoms with Crippen molar-refractivity contribution < 1.29 is 14.3 Å². The van der Waals surface area contributed by atoms with Gasteiger partial charge in [0.1, 0.15) is 11.5 Å². The lowest BCUT2D eigenvalue weighted by Gasteiger charge is -2.08. The highest BCUT2D eigenvalue weighted by molar-refractivity contribution is 6.30. The van der Waals surface area contributed by atoms with Crippen LogP contribution < -0.4 is 14.9 Å². The molecule has 2 aromatic rings. The Kier molecular flexibility index (Phi) is 5.60. The third kappa shape index (κ3) is 4.47. The van der Waals surface area contributed by atoms with Gasteiger partial charge in [-0.1, -0.05) is 23.7 Å². The van der Waals surface area contributed by atoms with Crippen LogP contribution in [0.4, 0.5) is 0 Å². The molecule has 120 valence electrons. The molecule has 2 aromatic carbocycles. The van der Waals surface area contributed by atoms with E-state index in [-0.39, 0.29) is 5.91 Å². The Labute approximate surface area is 139 Å². The van der Waals surface area contributed by atoms with Crippen molar-refractivity contribution in [3.05, 3.63) is 58.6 Å². The third-order valence-electron chi connectivity index (χ3n) is 3.20. The number of rotatable bonds is 5. The number of nitrogens with one attached hydrogen (secondary N) is 1. The standard InChI is InChI=1S/C17H17ClN2O3/c1-11(12-4-6-14(18)7-5-12)19-20-17(21)13-8-15(22-2)10-16(9-13)23-3/h4-10H,1-3H3,(H,20,21)/b19-11-. The van der Waals surface area contributed by atoms with Crippen molar-refractivity contribution in [2.24, 2.45) is 5.10 Å². The molecule has 0 fully saturated rings. The van der Waals surface area contributed by atoms with E-state index in [1.165, 1.54) is 14.2 Å². The highest BCUT2D eigenvalue weighted by Gasteiger charge is 2.09. The summed E-state index contributed by atoms with van der Waals surface area (Å²) in [6.45, 7) is 1.80. The van der Waals surface area contributed by atoms with Crippen LogP contribution in [-0.2, 0) is 0 Å². The number of nitrogens with zero attached hydrogens (tertiary/aromatic N) is 1. The predicted molar refractivity (Wildman–Crippen MR) is 90.7 cm³/mol. The number of hydrazone groups is 1. The quantitative estimate of drug-likeness (QED) is 0.673. The Hall–Kier alpha value is -2.53. The first kappa shape index (κ1) is 16.8. The topological polar surface area (TPSA) is 59.9 Å². The molecule has 0 saturated heterocycles. The van der Waals surface area contributed by atoms with E-state index in [9.17, 15) is 4.79 Å². The van der Waals surface area contributed by atoms with Gasteiger partial charge in [0, 0.05) is 16.7 Å². The first-order valence-corrected chi connectivity index (χ1v) is 7.25. The molecule has 0 aliphatic carbocycles. The Morgan fingerprint density at radius 3 is 2.09 bits per heavy atom. The Morgan fingerprint density at radius 1 is 1.00 bits per heavy atom. The van der Waals surface area contributed by atoms with Crippen LogP contribution in [0.25, 0.3) is 0 Å². The fourth-order valence-corrected chi connectivity index (χ4v) is 2.02. The highest BCUT2D eigenvalue weighted by Crippen LogP contribution is 2.22. The van der Waals surface area contributed by atoms with Gasteiger partial charge in [0.2, 0.25) is 0 Å². The van der Waals surface area contributed by atoms with Crippen molar-refractivity contribution >= 4 is 23.2 Å². The van der Waals surface area contributed by atoms with Gasteiger partial charge in [0.25, 0.3) is 5.91 Å². The van der Waals surface area contributed by atoms with Gasteiger partial charge >= 0.3 is 0 Å². The van der Waals surface area contributed by atoms with E-state index in [1.807, 2.05) is 12.1 Å². The smallest absolute Gasteiger partial charge is 0.271 e. The van der Waals surface area contributed by atoms with E-state index in [1.54, 1.807) is 37.3 Å². The zero-order valence-electron chi connectivity index (χ0n) is 13.1. The fourth-order valence-electron chi connectivity index (χ4n) is 1.89. The van der Waals surface area contributed by atoms with Crippen molar-refractivity contribution in [2.45, 2.75) is 6.92 Å². The molecule has 1 amide bonds. The van der Waals surface area contributed by atoms with Crippen LogP contribution in [0.1, 0.15) is 22.8 Å². The van der Waals surface area contributed by atoms with Crippen LogP contribution >= 0.6 is 11.6 Å². The SMILES string of the molecule is COc1cc(OC)cc(C(=O)N/N=C(/C)c2ccc(Cl)cc2)c1. The average Bonchev–Trinajstić information content (AvgIpc) is 2.59. The minimum absolute atomic E-state index is 0.351. The van der Waals surface area contributed by atoms with E-state index in [0.29, 0.717) is 27.8 Å². The van der Waals surface area contributed by atoms with Crippen LogP contribution in [0.5, 0.6) is 11.5 Å². The van der Waals surface area contributed by atoms with Gasteiger partial charge in [0.05, 0.1) is 19.9 Å². The maximum Gasteiger partial charge on any atom is 0.271 e. The molecular formula is C17H17ClN2O3. The number of methoxy groups -OCH3 is 2. The molecule has 0 aromatic heterocycles. The van der Waals surface area contributed by atoms with Crippen LogP contribution in [0.3, 0.4) is 0 Å². The van der Waals surface area contributed by atoms with Crippen molar-refractivity contribution in [1.29, 1.82) is 0 Å². The van der Waals surface area contributed by atoms with Crippen molar-refractivity contribution in [3.63, 3.8) is 0 Å². The molecule has 1 N–H and O–H groups in total. The molecule has 0 radical (unpaired) electrons. The number of hydrogen-bond acceptors (Lipinski definition) is 4. The Balaban J connectivity index is 2.15. The van der Waals surface area contributed by atoms with E-state index >= 15 is 0 Å². The molecule has 0 aliphatic rings. The maximum atomic E-state index is 12.2. The van der Waals surface area contributed by atoms with Crippen LogP contribution in [0, 0.1) is 0 Å². The first-order valence-electron chi connectivity index (χ1n) is 6.87. The van der Waals surface area contributed by atoms with Crippen LogP contribution in [0.15, 0.2) is 47.6 Å². The molecule has 0 unspecified atom stereocenters. The Morgan fingerprint density at radius 2 is 1.57 bits per heavy atom. The van der Waals surface area contributed by atoms with Crippen molar-refractivity contribution in [1.82, 2.24) is 5.43 Å². The number of halogens is 1. The number of carbonyl (C=O) groups excluding carboxylic acids is 1. The maximum absolute atomic E-state index is 12.2. The second kappa shape index (κ2) is 7.65. The molecule has 6 heteroatoms. The highest BCUT2D eigenvalue weighted by atomic mass is 35.5. The monoisotopic (exact) mass is 332 g/mol.